The molecular weight excluding hydrogens is 295 g/mol. The Hall–Kier alpha value is 0.0197. The van der Waals surface area contributed by atoms with E-state index in [1.54, 1.807) is 13.6 Å². The van der Waals surface area contributed by atoms with E-state index >= 15 is 0 Å². The van der Waals surface area contributed by atoms with Gasteiger partial charge in [0.2, 0.25) is 0 Å². The Bertz CT molecular complexity index is 222. The van der Waals surface area contributed by atoms with Gasteiger partial charge in [-0.05, 0) is 27.0 Å². The third-order valence-electron chi connectivity index (χ3n) is 2.28. The summed E-state index contributed by atoms with van der Waals surface area (Å²) in [6.07, 6.45) is 1.05. The summed E-state index contributed by atoms with van der Waals surface area (Å²) >= 11 is 0. The average molecular weight is 330 g/mol. The van der Waals surface area contributed by atoms with Gasteiger partial charge in [0.15, 0.2) is 0 Å². The number of hydrogen-bond acceptors (Lipinski definition) is 6. The second kappa shape index (κ2) is 18.4. The van der Waals surface area contributed by atoms with Crippen LogP contribution in [0.25, 0.3) is 0 Å². The Labute approximate surface area is 144 Å². The predicted octanol–water partition coefficient (Wildman–Crippen LogP) is 2.20. The van der Waals surface area contributed by atoms with Gasteiger partial charge in [-0.2, -0.15) is 0 Å². The summed E-state index contributed by atoms with van der Waals surface area (Å²) in [4.78, 5) is 0. The fourth-order valence-corrected chi connectivity index (χ4v) is 1.42. The first kappa shape index (κ1) is 25.3. The van der Waals surface area contributed by atoms with Crippen molar-refractivity contribution < 1.29 is 28.3 Å². The monoisotopic (exact) mass is 330 g/mol. The van der Waals surface area contributed by atoms with Crippen molar-refractivity contribution in [2.75, 3.05) is 33.0 Å². The molecule has 0 atom stereocenters. The molecule has 0 unspecified atom stereocenters. The first-order valence-electron chi connectivity index (χ1n) is 8.55. The maximum Gasteiger partial charge on any atom is 0.453 e. The molecule has 134 valence electrons. The van der Waals surface area contributed by atoms with E-state index < -0.39 is 0 Å². The van der Waals surface area contributed by atoms with Crippen LogP contribution >= 0.6 is 0 Å². The summed E-state index contributed by atoms with van der Waals surface area (Å²) in [5, 5.41) is 8.06. The standard InChI is InChI=1S/C4H9BO2.C4H11BO.C3H7BO2.C2H7BO/c1-5-6-3-2-4-7-5;1-4-6-5(2)3;1-4-5-2-3-6-4;1-3(2)4/h2-4H2,1H3;4H2,1-3H3;2-3H2,1H3;4H,1-2H3. The van der Waals surface area contributed by atoms with Gasteiger partial charge in [-0.25, -0.2) is 0 Å². The number of hydrogen-bond donors (Lipinski definition) is 1. The number of rotatable bonds is 2. The molecule has 2 aliphatic rings. The van der Waals surface area contributed by atoms with E-state index in [4.69, 9.17) is 28.3 Å². The van der Waals surface area contributed by atoms with Crippen LogP contribution in [0.2, 0.25) is 40.9 Å². The van der Waals surface area contributed by atoms with Crippen LogP contribution in [0.1, 0.15) is 13.3 Å². The van der Waals surface area contributed by atoms with Crippen LogP contribution in [-0.2, 0) is 23.3 Å². The molecule has 0 aromatic heterocycles. The van der Waals surface area contributed by atoms with E-state index in [0.717, 1.165) is 39.5 Å². The van der Waals surface area contributed by atoms with Crippen LogP contribution in [0.15, 0.2) is 0 Å². The minimum absolute atomic E-state index is 0.0359. The lowest BCUT2D eigenvalue weighted by atomic mass is 9.75. The topological polar surface area (TPSA) is 66.4 Å². The maximum absolute atomic E-state index is 8.06. The van der Waals surface area contributed by atoms with Crippen LogP contribution in [0.4, 0.5) is 0 Å². The van der Waals surface area contributed by atoms with Crippen LogP contribution < -0.4 is 0 Å². The average Bonchev–Trinajstić information content (AvgIpc) is 2.91. The largest absolute Gasteiger partial charge is 0.453 e. The SMILES string of the molecule is CB(C)O.CB1OCCCO1.CB1OCCO1.CCOB(C)C. The minimum atomic E-state index is -0.167. The second-order valence-corrected chi connectivity index (χ2v) is 5.57. The highest BCUT2D eigenvalue weighted by molar-refractivity contribution is 6.48. The molecule has 1 N–H and O–H groups in total. The Morgan fingerprint density at radius 1 is 0.870 bits per heavy atom. The summed E-state index contributed by atoms with van der Waals surface area (Å²) in [5.74, 6) is 0. The molecule has 2 aliphatic heterocycles. The highest BCUT2D eigenvalue weighted by atomic mass is 16.6. The summed E-state index contributed by atoms with van der Waals surface area (Å²) in [5.41, 5.74) is 0. The van der Waals surface area contributed by atoms with Gasteiger partial charge in [0.05, 0.1) is 13.2 Å². The molecule has 0 aliphatic carbocycles. The third kappa shape index (κ3) is 27.2. The van der Waals surface area contributed by atoms with Gasteiger partial charge < -0.3 is 28.3 Å². The van der Waals surface area contributed by atoms with Crippen molar-refractivity contribution >= 4 is 28.1 Å². The molecule has 0 bridgehead atoms. The predicted molar refractivity (Wildman–Crippen MR) is 100 cm³/mol. The molecular formula is C13H34B4O6. The van der Waals surface area contributed by atoms with E-state index in [9.17, 15) is 0 Å². The zero-order chi connectivity index (χ0) is 18.1. The normalized spacial score (nSPS) is 16.2. The molecule has 23 heavy (non-hydrogen) atoms. The van der Waals surface area contributed by atoms with Gasteiger partial charge in [0.1, 0.15) is 0 Å². The summed E-state index contributed by atoms with van der Waals surface area (Å²) in [7, 11) is 0.0822. The summed E-state index contributed by atoms with van der Waals surface area (Å²) < 4.78 is 25.0. The summed E-state index contributed by atoms with van der Waals surface area (Å²) in [6, 6.07) is 0. The summed E-state index contributed by atoms with van der Waals surface area (Å²) in [6.45, 7) is 17.6. The van der Waals surface area contributed by atoms with Crippen LogP contribution in [0.5, 0.6) is 0 Å². The van der Waals surface area contributed by atoms with Gasteiger partial charge >= 0.3 is 14.2 Å². The Morgan fingerprint density at radius 2 is 1.22 bits per heavy atom. The molecule has 10 heteroatoms. The fourth-order valence-electron chi connectivity index (χ4n) is 1.42. The first-order chi connectivity index (χ1) is 10.8. The molecule has 6 nitrogen and oxygen atoms in total. The van der Waals surface area contributed by atoms with E-state index in [2.05, 4.69) is 0 Å². The lowest BCUT2D eigenvalue weighted by Crippen LogP contribution is -2.25. The van der Waals surface area contributed by atoms with Gasteiger partial charge in [-0.3, -0.25) is 0 Å². The van der Waals surface area contributed by atoms with Crippen molar-refractivity contribution in [1.82, 2.24) is 0 Å². The zero-order valence-electron chi connectivity index (χ0n) is 16.0. The molecule has 0 spiro atoms. The molecule has 0 aromatic carbocycles. The van der Waals surface area contributed by atoms with Gasteiger partial charge in [-0.15, -0.1) is 0 Å². The Balaban J connectivity index is 0. The zero-order valence-corrected chi connectivity index (χ0v) is 16.0. The van der Waals surface area contributed by atoms with Crippen molar-refractivity contribution in [2.45, 2.75) is 54.3 Å². The lowest BCUT2D eigenvalue weighted by molar-refractivity contribution is 0.138. The fraction of sp³-hybridized carbons (Fsp3) is 1.00. The highest BCUT2D eigenvalue weighted by Crippen LogP contribution is 1.98. The molecule has 2 saturated heterocycles. The Morgan fingerprint density at radius 3 is 1.30 bits per heavy atom. The van der Waals surface area contributed by atoms with Crippen molar-refractivity contribution in [1.29, 1.82) is 0 Å². The minimum Gasteiger partial charge on any atom is -0.451 e. The van der Waals surface area contributed by atoms with Crippen LogP contribution in [-0.4, -0.2) is 66.1 Å². The quantitative estimate of drug-likeness (QED) is 0.783. The smallest absolute Gasteiger partial charge is 0.451 e. The van der Waals surface area contributed by atoms with Crippen molar-refractivity contribution in [3.05, 3.63) is 0 Å². The lowest BCUT2D eigenvalue weighted by Gasteiger charge is -2.15. The Kier molecular flexibility index (Phi) is 20.2. The van der Waals surface area contributed by atoms with Gasteiger partial charge in [0.25, 0.3) is 13.8 Å². The van der Waals surface area contributed by atoms with Crippen LogP contribution in [0.3, 0.4) is 0 Å². The molecule has 0 saturated carbocycles. The van der Waals surface area contributed by atoms with Crippen molar-refractivity contribution in [2.24, 2.45) is 0 Å². The molecule has 2 fully saturated rings. The van der Waals surface area contributed by atoms with E-state index in [1.807, 2.05) is 34.2 Å². The molecule has 0 aromatic rings. The third-order valence-corrected chi connectivity index (χ3v) is 2.28. The maximum atomic E-state index is 8.06. The van der Waals surface area contributed by atoms with Crippen molar-refractivity contribution in [3.8, 4) is 0 Å². The molecule has 0 radical (unpaired) electrons. The van der Waals surface area contributed by atoms with E-state index in [0.29, 0.717) is 6.92 Å². The highest BCUT2D eigenvalue weighted by Gasteiger charge is 2.15. The first-order valence-corrected chi connectivity index (χ1v) is 8.55. The molecule has 2 rings (SSSR count). The van der Waals surface area contributed by atoms with Crippen molar-refractivity contribution in [3.63, 3.8) is 0 Å². The van der Waals surface area contributed by atoms with Crippen LogP contribution in [0, 0.1) is 0 Å². The second-order valence-electron chi connectivity index (χ2n) is 5.57. The van der Waals surface area contributed by atoms with Gasteiger partial charge in [-0.1, -0.05) is 27.3 Å². The molecule has 0 amide bonds. The van der Waals surface area contributed by atoms with E-state index in [-0.39, 0.29) is 21.2 Å². The van der Waals surface area contributed by atoms with Gasteiger partial charge in [0, 0.05) is 19.8 Å². The molecule has 2 heterocycles. The van der Waals surface area contributed by atoms with E-state index in [1.165, 1.54) is 0 Å².